The maximum absolute atomic E-state index is 8.82. The quantitative estimate of drug-likeness (QED) is 0.900. The van der Waals surface area contributed by atoms with Crippen LogP contribution >= 0.6 is 15.9 Å². The number of aliphatic hydroxyl groups excluding tert-OH is 1. The molecule has 0 aliphatic heterocycles. The highest BCUT2D eigenvalue weighted by Gasteiger charge is 2.09. The standard InChI is InChI=1S/C10H13BrO3/c1-13-8-5-7(3-4-12)6-9(14-2)10(8)11/h5-6,12H,3-4H2,1-2H3. The summed E-state index contributed by atoms with van der Waals surface area (Å²) in [5.74, 6) is 1.43. The second-order valence-electron chi connectivity index (χ2n) is 2.79. The zero-order chi connectivity index (χ0) is 10.6. The number of hydrogen-bond acceptors (Lipinski definition) is 3. The van der Waals surface area contributed by atoms with Crippen molar-refractivity contribution in [1.82, 2.24) is 0 Å². The lowest BCUT2D eigenvalue weighted by atomic mass is 10.1. The molecule has 0 saturated carbocycles. The zero-order valence-electron chi connectivity index (χ0n) is 8.21. The third-order valence-corrected chi connectivity index (χ3v) is 2.69. The third kappa shape index (κ3) is 2.39. The van der Waals surface area contributed by atoms with Crippen molar-refractivity contribution in [3.05, 3.63) is 22.2 Å². The van der Waals surface area contributed by atoms with Gasteiger partial charge in [-0.25, -0.2) is 0 Å². The molecule has 0 unspecified atom stereocenters. The Bertz CT molecular complexity index is 287. The Morgan fingerprint density at radius 3 is 2.07 bits per heavy atom. The molecule has 0 fully saturated rings. The molecule has 0 atom stereocenters. The molecule has 0 spiro atoms. The molecule has 0 heterocycles. The van der Waals surface area contributed by atoms with Gasteiger partial charge in [0.05, 0.1) is 14.2 Å². The lowest BCUT2D eigenvalue weighted by Crippen LogP contribution is -1.95. The van der Waals surface area contributed by atoms with Crippen LogP contribution in [0.25, 0.3) is 0 Å². The maximum atomic E-state index is 8.82. The van der Waals surface area contributed by atoms with Crippen LogP contribution in [0, 0.1) is 0 Å². The van der Waals surface area contributed by atoms with E-state index in [1.165, 1.54) is 0 Å². The van der Waals surface area contributed by atoms with Crippen LogP contribution in [0.2, 0.25) is 0 Å². The van der Waals surface area contributed by atoms with Gasteiger partial charge in [0, 0.05) is 6.61 Å². The summed E-state index contributed by atoms with van der Waals surface area (Å²) < 4.78 is 11.1. The number of halogens is 1. The first kappa shape index (κ1) is 11.3. The van der Waals surface area contributed by atoms with E-state index < -0.39 is 0 Å². The van der Waals surface area contributed by atoms with E-state index in [4.69, 9.17) is 14.6 Å². The number of hydrogen-bond donors (Lipinski definition) is 1. The SMILES string of the molecule is COc1cc(CCO)cc(OC)c1Br. The molecule has 1 aromatic rings. The Balaban J connectivity index is 3.11. The summed E-state index contributed by atoms with van der Waals surface area (Å²) in [5.41, 5.74) is 0.990. The molecule has 1 aromatic carbocycles. The summed E-state index contributed by atoms with van der Waals surface area (Å²) in [7, 11) is 3.20. The normalized spacial score (nSPS) is 10.0. The first-order valence-electron chi connectivity index (χ1n) is 4.24. The second kappa shape index (κ2) is 5.22. The van der Waals surface area contributed by atoms with Gasteiger partial charge in [0.15, 0.2) is 0 Å². The minimum absolute atomic E-state index is 0.119. The number of benzene rings is 1. The molecule has 0 radical (unpaired) electrons. The van der Waals surface area contributed by atoms with Gasteiger partial charge in [0.25, 0.3) is 0 Å². The van der Waals surface area contributed by atoms with E-state index in [1.54, 1.807) is 14.2 Å². The Morgan fingerprint density at radius 2 is 1.71 bits per heavy atom. The van der Waals surface area contributed by atoms with Crippen molar-refractivity contribution in [2.75, 3.05) is 20.8 Å². The van der Waals surface area contributed by atoms with Gasteiger partial charge in [-0.3, -0.25) is 0 Å². The van der Waals surface area contributed by atoms with Crippen molar-refractivity contribution in [3.8, 4) is 11.5 Å². The summed E-state index contributed by atoms with van der Waals surface area (Å²) in [5, 5.41) is 8.82. The predicted molar refractivity (Wildman–Crippen MR) is 58.0 cm³/mol. The largest absolute Gasteiger partial charge is 0.495 e. The first-order chi connectivity index (χ1) is 6.72. The molecule has 0 saturated heterocycles. The van der Waals surface area contributed by atoms with E-state index in [-0.39, 0.29) is 6.61 Å². The second-order valence-corrected chi connectivity index (χ2v) is 3.58. The van der Waals surface area contributed by atoms with E-state index in [0.717, 1.165) is 10.0 Å². The smallest absolute Gasteiger partial charge is 0.137 e. The fourth-order valence-electron chi connectivity index (χ4n) is 1.20. The third-order valence-electron chi connectivity index (χ3n) is 1.91. The Hall–Kier alpha value is -0.740. The van der Waals surface area contributed by atoms with Crippen molar-refractivity contribution in [1.29, 1.82) is 0 Å². The molecule has 0 aliphatic rings. The molecule has 0 aliphatic carbocycles. The van der Waals surface area contributed by atoms with E-state index >= 15 is 0 Å². The molecule has 0 bridgehead atoms. The summed E-state index contributed by atoms with van der Waals surface area (Å²) >= 11 is 3.37. The Morgan fingerprint density at radius 1 is 1.21 bits per heavy atom. The van der Waals surface area contributed by atoms with E-state index in [2.05, 4.69) is 15.9 Å². The van der Waals surface area contributed by atoms with E-state index in [1.807, 2.05) is 12.1 Å². The van der Waals surface area contributed by atoms with Crippen LogP contribution in [0.4, 0.5) is 0 Å². The van der Waals surface area contributed by atoms with Gasteiger partial charge in [-0.2, -0.15) is 0 Å². The van der Waals surface area contributed by atoms with Gasteiger partial charge in [-0.05, 0) is 40.0 Å². The molecule has 0 amide bonds. The monoisotopic (exact) mass is 260 g/mol. The molecule has 3 nitrogen and oxygen atoms in total. The lowest BCUT2D eigenvalue weighted by molar-refractivity contribution is 0.299. The van der Waals surface area contributed by atoms with Crippen LogP contribution in [-0.2, 0) is 6.42 Å². The highest BCUT2D eigenvalue weighted by Crippen LogP contribution is 2.35. The van der Waals surface area contributed by atoms with Crippen LogP contribution in [0.1, 0.15) is 5.56 Å². The lowest BCUT2D eigenvalue weighted by Gasteiger charge is -2.10. The molecule has 78 valence electrons. The fourth-order valence-corrected chi connectivity index (χ4v) is 1.75. The zero-order valence-corrected chi connectivity index (χ0v) is 9.80. The average molecular weight is 261 g/mol. The van der Waals surface area contributed by atoms with Crippen molar-refractivity contribution in [2.45, 2.75) is 6.42 Å². The summed E-state index contributed by atoms with van der Waals surface area (Å²) in [6.45, 7) is 0.119. The molecular weight excluding hydrogens is 248 g/mol. The van der Waals surface area contributed by atoms with Gasteiger partial charge in [0.2, 0.25) is 0 Å². The molecule has 1 rings (SSSR count). The van der Waals surface area contributed by atoms with Crippen LogP contribution in [0.15, 0.2) is 16.6 Å². The van der Waals surface area contributed by atoms with Gasteiger partial charge in [0.1, 0.15) is 16.0 Å². The predicted octanol–water partition coefficient (Wildman–Crippen LogP) is 2.00. The number of aliphatic hydroxyl groups is 1. The van der Waals surface area contributed by atoms with E-state index in [9.17, 15) is 0 Å². The van der Waals surface area contributed by atoms with Crippen LogP contribution in [0.5, 0.6) is 11.5 Å². The minimum atomic E-state index is 0.119. The molecule has 14 heavy (non-hydrogen) atoms. The summed E-state index contributed by atoms with van der Waals surface area (Å²) in [6.07, 6.45) is 0.597. The van der Waals surface area contributed by atoms with Crippen molar-refractivity contribution in [2.24, 2.45) is 0 Å². The van der Waals surface area contributed by atoms with Gasteiger partial charge in [-0.1, -0.05) is 0 Å². The first-order valence-corrected chi connectivity index (χ1v) is 5.03. The van der Waals surface area contributed by atoms with Crippen LogP contribution < -0.4 is 9.47 Å². The van der Waals surface area contributed by atoms with Crippen LogP contribution in [-0.4, -0.2) is 25.9 Å². The summed E-state index contributed by atoms with van der Waals surface area (Å²) in [6, 6.07) is 3.76. The molecule has 4 heteroatoms. The Labute approximate surface area is 91.8 Å². The maximum Gasteiger partial charge on any atom is 0.137 e. The average Bonchev–Trinajstić information content (AvgIpc) is 2.20. The van der Waals surface area contributed by atoms with Gasteiger partial charge >= 0.3 is 0 Å². The van der Waals surface area contributed by atoms with Crippen molar-refractivity contribution in [3.63, 3.8) is 0 Å². The van der Waals surface area contributed by atoms with Crippen molar-refractivity contribution >= 4 is 15.9 Å². The van der Waals surface area contributed by atoms with E-state index in [0.29, 0.717) is 17.9 Å². The molecule has 0 aromatic heterocycles. The topological polar surface area (TPSA) is 38.7 Å². The molecule has 1 N–H and O–H groups in total. The van der Waals surface area contributed by atoms with Gasteiger partial charge in [-0.15, -0.1) is 0 Å². The Kier molecular flexibility index (Phi) is 4.22. The number of ether oxygens (including phenoxy) is 2. The number of methoxy groups -OCH3 is 2. The fraction of sp³-hybridized carbons (Fsp3) is 0.400. The summed E-state index contributed by atoms with van der Waals surface area (Å²) in [4.78, 5) is 0. The molecular formula is C10H13BrO3. The van der Waals surface area contributed by atoms with Crippen LogP contribution in [0.3, 0.4) is 0 Å². The minimum Gasteiger partial charge on any atom is -0.495 e. The van der Waals surface area contributed by atoms with Gasteiger partial charge < -0.3 is 14.6 Å². The highest BCUT2D eigenvalue weighted by atomic mass is 79.9. The van der Waals surface area contributed by atoms with Crippen molar-refractivity contribution < 1.29 is 14.6 Å². The highest BCUT2D eigenvalue weighted by molar-refractivity contribution is 9.10. The number of rotatable bonds is 4.